The highest BCUT2D eigenvalue weighted by molar-refractivity contribution is 5.73. The van der Waals surface area contributed by atoms with Crippen LogP contribution in [0.15, 0.2) is 12.4 Å². The number of hydrogen-bond donors (Lipinski definition) is 3. The van der Waals surface area contributed by atoms with Gasteiger partial charge in [-0.15, -0.1) is 0 Å². The number of amides is 1. The standard InChI is InChI=1S/C10H17N5O/c1-12-9-6-13-7-10(15-9)14-5-3-2-4-8(11)16/h6-7H,2-5H2,1H3,(H2,11,16)(H2,12,14,15). The molecule has 0 saturated heterocycles. The first-order valence-electron chi connectivity index (χ1n) is 5.24. The summed E-state index contributed by atoms with van der Waals surface area (Å²) < 4.78 is 0. The second kappa shape index (κ2) is 6.60. The van der Waals surface area contributed by atoms with Crippen LogP contribution in [0.4, 0.5) is 11.6 Å². The molecule has 0 bridgehead atoms. The predicted octanol–water partition coefficient (Wildman–Crippen LogP) is 0.586. The number of hydrogen-bond acceptors (Lipinski definition) is 5. The lowest BCUT2D eigenvalue weighted by Crippen LogP contribution is -2.11. The summed E-state index contributed by atoms with van der Waals surface area (Å²) in [6, 6.07) is 0. The van der Waals surface area contributed by atoms with Gasteiger partial charge < -0.3 is 16.4 Å². The van der Waals surface area contributed by atoms with Gasteiger partial charge in [-0.2, -0.15) is 0 Å². The third kappa shape index (κ3) is 4.59. The zero-order chi connectivity index (χ0) is 11.8. The number of primary amides is 1. The Morgan fingerprint density at radius 1 is 1.38 bits per heavy atom. The van der Waals surface area contributed by atoms with Crippen LogP contribution < -0.4 is 16.4 Å². The van der Waals surface area contributed by atoms with Gasteiger partial charge in [-0.1, -0.05) is 0 Å². The molecular weight excluding hydrogens is 206 g/mol. The van der Waals surface area contributed by atoms with Gasteiger partial charge in [0.05, 0.1) is 12.4 Å². The van der Waals surface area contributed by atoms with Crippen LogP contribution in [0.5, 0.6) is 0 Å². The molecule has 6 heteroatoms. The normalized spacial score (nSPS) is 9.81. The van der Waals surface area contributed by atoms with Gasteiger partial charge in [0.2, 0.25) is 5.91 Å². The van der Waals surface area contributed by atoms with Crippen molar-refractivity contribution >= 4 is 17.5 Å². The number of nitrogens with one attached hydrogen (secondary N) is 2. The lowest BCUT2D eigenvalue weighted by atomic mass is 10.2. The monoisotopic (exact) mass is 223 g/mol. The lowest BCUT2D eigenvalue weighted by Gasteiger charge is -2.05. The average Bonchev–Trinajstić information content (AvgIpc) is 2.28. The molecule has 16 heavy (non-hydrogen) atoms. The highest BCUT2D eigenvalue weighted by Crippen LogP contribution is 2.05. The third-order valence-electron chi connectivity index (χ3n) is 2.05. The van der Waals surface area contributed by atoms with Crippen molar-refractivity contribution in [2.75, 3.05) is 24.2 Å². The van der Waals surface area contributed by atoms with Crippen molar-refractivity contribution in [1.82, 2.24) is 9.97 Å². The van der Waals surface area contributed by atoms with Crippen LogP contribution in [0, 0.1) is 0 Å². The summed E-state index contributed by atoms with van der Waals surface area (Å²) in [6.07, 6.45) is 5.42. The van der Waals surface area contributed by atoms with Gasteiger partial charge in [-0.05, 0) is 12.8 Å². The topological polar surface area (TPSA) is 92.9 Å². The summed E-state index contributed by atoms with van der Waals surface area (Å²) in [5.41, 5.74) is 5.03. The first kappa shape index (κ1) is 12.2. The van der Waals surface area contributed by atoms with Crippen molar-refractivity contribution in [1.29, 1.82) is 0 Å². The van der Waals surface area contributed by atoms with E-state index in [1.54, 1.807) is 19.4 Å². The Morgan fingerprint density at radius 3 is 2.81 bits per heavy atom. The molecule has 0 radical (unpaired) electrons. The SMILES string of the molecule is CNc1cncc(NCCCCC(N)=O)n1. The fourth-order valence-electron chi connectivity index (χ4n) is 1.21. The number of carbonyl (C=O) groups is 1. The molecular formula is C10H17N5O. The Labute approximate surface area is 94.7 Å². The minimum Gasteiger partial charge on any atom is -0.372 e. The minimum absolute atomic E-state index is 0.253. The van der Waals surface area contributed by atoms with E-state index in [2.05, 4.69) is 20.6 Å². The molecule has 0 saturated carbocycles. The van der Waals surface area contributed by atoms with Gasteiger partial charge in [-0.3, -0.25) is 9.78 Å². The fraction of sp³-hybridized carbons (Fsp3) is 0.500. The molecule has 0 aliphatic rings. The van der Waals surface area contributed by atoms with E-state index in [0.717, 1.165) is 31.0 Å². The number of rotatable bonds is 7. The molecule has 1 aromatic rings. The molecule has 0 aliphatic carbocycles. The van der Waals surface area contributed by atoms with Gasteiger partial charge in [-0.25, -0.2) is 4.98 Å². The maximum atomic E-state index is 10.5. The van der Waals surface area contributed by atoms with E-state index in [1.807, 2.05) is 0 Å². The molecule has 4 N–H and O–H groups in total. The summed E-state index contributed by atoms with van der Waals surface area (Å²) >= 11 is 0. The maximum absolute atomic E-state index is 10.5. The third-order valence-corrected chi connectivity index (χ3v) is 2.05. The van der Waals surface area contributed by atoms with E-state index in [-0.39, 0.29) is 5.91 Å². The van der Waals surface area contributed by atoms with Crippen molar-refractivity contribution in [3.63, 3.8) is 0 Å². The van der Waals surface area contributed by atoms with E-state index >= 15 is 0 Å². The molecule has 1 rings (SSSR count). The Kier molecular flexibility index (Phi) is 5.04. The second-order valence-corrected chi connectivity index (χ2v) is 3.39. The summed E-state index contributed by atoms with van der Waals surface area (Å²) in [4.78, 5) is 18.8. The summed E-state index contributed by atoms with van der Waals surface area (Å²) in [5, 5.41) is 6.04. The quantitative estimate of drug-likeness (QED) is 0.588. The van der Waals surface area contributed by atoms with Gasteiger partial charge >= 0.3 is 0 Å². The average molecular weight is 223 g/mol. The summed E-state index contributed by atoms with van der Waals surface area (Å²) in [7, 11) is 1.79. The Hall–Kier alpha value is -1.85. The summed E-state index contributed by atoms with van der Waals surface area (Å²) in [6.45, 7) is 0.759. The molecule has 1 aromatic heterocycles. The highest BCUT2D eigenvalue weighted by Gasteiger charge is 1.97. The van der Waals surface area contributed by atoms with Crippen molar-refractivity contribution in [3.05, 3.63) is 12.4 Å². The largest absolute Gasteiger partial charge is 0.372 e. The molecule has 0 atom stereocenters. The zero-order valence-corrected chi connectivity index (χ0v) is 9.36. The zero-order valence-electron chi connectivity index (χ0n) is 9.36. The number of carbonyl (C=O) groups excluding carboxylic acids is 1. The number of nitrogens with zero attached hydrogens (tertiary/aromatic N) is 2. The van der Waals surface area contributed by atoms with E-state index in [0.29, 0.717) is 6.42 Å². The van der Waals surface area contributed by atoms with Crippen LogP contribution in [0.1, 0.15) is 19.3 Å². The molecule has 6 nitrogen and oxygen atoms in total. The van der Waals surface area contributed by atoms with Gasteiger partial charge in [0.15, 0.2) is 0 Å². The van der Waals surface area contributed by atoms with Gasteiger partial charge in [0.1, 0.15) is 11.6 Å². The van der Waals surface area contributed by atoms with Crippen LogP contribution in [0.2, 0.25) is 0 Å². The molecule has 0 fully saturated rings. The Morgan fingerprint density at radius 2 is 2.12 bits per heavy atom. The molecule has 0 aromatic carbocycles. The lowest BCUT2D eigenvalue weighted by molar-refractivity contribution is -0.118. The van der Waals surface area contributed by atoms with E-state index in [1.165, 1.54) is 0 Å². The smallest absolute Gasteiger partial charge is 0.217 e. The van der Waals surface area contributed by atoms with Crippen LogP contribution >= 0.6 is 0 Å². The van der Waals surface area contributed by atoms with E-state index in [4.69, 9.17) is 5.73 Å². The number of nitrogens with two attached hydrogens (primary N) is 1. The first-order valence-corrected chi connectivity index (χ1v) is 5.24. The fourth-order valence-corrected chi connectivity index (χ4v) is 1.21. The van der Waals surface area contributed by atoms with Crippen LogP contribution in [-0.2, 0) is 4.79 Å². The van der Waals surface area contributed by atoms with Crippen molar-refractivity contribution in [3.8, 4) is 0 Å². The molecule has 1 heterocycles. The Bertz CT molecular complexity index is 342. The van der Waals surface area contributed by atoms with Crippen molar-refractivity contribution < 1.29 is 4.79 Å². The van der Waals surface area contributed by atoms with E-state index in [9.17, 15) is 4.79 Å². The predicted molar refractivity (Wildman–Crippen MR) is 63.1 cm³/mol. The molecule has 0 aliphatic heterocycles. The molecule has 88 valence electrons. The number of unbranched alkanes of at least 4 members (excludes halogenated alkanes) is 1. The minimum atomic E-state index is -0.253. The Balaban J connectivity index is 2.23. The van der Waals surface area contributed by atoms with Crippen LogP contribution in [0.3, 0.4) is 0 Å². The van der Waals surface area contributed by atoms with Crippen molar-refractivity contribution in [2.24, 2.45) is 5.73 Å². The highest BCUT2D eigenvalue weighted by atomic mass is 16.1. The van der Waals surface area contributed by atoms with Crippen LogP contribution in [-0.4, -0.2) is 29.5 Å². The maximum Gasteiger partial charge on any atom is 0.217 e. The second-order valence-electron chi connectivity index (χ2n) is 3.39. The number of anilines is 2. The number of aromatic nitrogens is 2. The van der Waals surface area contributed by atoms with Gasteiger partial charge in [0.25, 0.3) is 0 Å². The molecule has 0 unspecified atom stereocenters. The molecule has 0 spiro atoms. The molecule has 1 amide bonds. The van der Waals surface area contributed by atoms with Crippen LogP contribution in [0.25, 0.3) is 0 Å². The van der Waals surface area contributed by atoms with E-state index < -0.39 is 0 Å². The first-order chi connectivity index (χ1) is 7.72. The van der Waals surface area contributed by atoms with Gasteiger partial charge in [0, 0.05) is 20.0 Å². The van der Waals surface area contributed by atoms with Crippen molar-refractivity contribution in [2.45, 2.75) is 19.3 Å². The summed E-state index contributed by atoms with van der Waals surface area (Å²) in [5.74, 6) is 1.20.